The molecule has 1 fully saturated rings. The van der Waals surface area contributed by atoms with Crippen molar-refractivity contribution in [3.05, 3.63) is 35.9 Å². The maximum atomic E-state index is 12.3. The van der Waals surface area contributed by atoms with Gasteiger partial charge in [0.05, 0.1) is 7.11 Å². The molecule has 1 atom stereocenters. The van der Waals surface area contributed by atoms with E-state index < -0.39 is 12.1 Å². The van der Waals surface area contributed by atoms with Crippen molar-refractivity contribution in [2.45, 2.75) is 32.2 Å². The van der Waals surface area contributed by atoms with Crippen molar-refractivity contribution in [3.8, 4) is 0 Å². The van der Waals surface area contributed by atoms with Crippen LogP contribution < -0.4 is 5.32 Å². The van der Waals surface area contributed by atoms with Crippen molar-refractivity contribution >= 4 is 12.0 Å². The Bertz CT molecular complexity index is 496. The van der Waals surface area contributed by atoms with Crippen molar-refractivity contribution in [3.63, 3.8) is 0 Å². The Labute approximate surface area is 131 Å². The van der Waals surface area contributed by atoms with Crippen LogP contribution in [0.4, 0.5) is 4.79 Å². The molecule has 2 rings (SSSR count). The summed E-state index contributed by atoms with van der Waals surface area (Å²) in [7, 11) is 1.29. The lowest BCUT2D eigenvalue weighted by Crippen LogP contribution is -2.49. The van der Waals surface area contributed by atoms with Crippen molar-refractivity contribution in [1.29, 1.82) is 0 Å². The molecule has 1 aliphatic rings. The largest absolute Gasteiger partial charge is 0.453 e. The van der Waals surface area contributed by atoms with Crippen LogP contribution in [0.1, 0.15) is 25.3 Å². The number of methoxy groups -OCH3 is 1. The van der Waals surface area contributed by atoms with Crippen LogP contribution in [0.5, 0.6) is 0 Å². The standard InChI is InChI=1S/C17H24N2O3/c1-13(18-17(21)22-2)16(20)19-10-8-15(9-11-19)12-14-6-4-3-5-7-14/h3-7,13,15H,8-12H2,1-2H3,(H,18,21)/t13-/m1/s1. The molecule has 1 aliphatic heterocycles. The van der Waals surface area contributed by atoms with Crippen molar-refractivity contribution in [2.24, 2.45) is 5.92 Å². The number of carbonyl (C=O) groups excluding carboxylic acids is 2. The number of benzene rings is 1. The topological polar surface area (TPSA) is 58.6 Å². The number of carbonyl (C=O) groups is 2. The summed E-state index contributed by atoms with van der Waals surface area (Å²) in [4.78, 5) is 25.3. The number of likely N-dealkylation sites (tertiary alicyclic amines) is 1. The third-order valence-corrected chi connectivity index (χ3v) is 4.18. The minimum absolute atomic E-state index is 0.0384. The predicted molar refractivity (Wildman–Crippen MR) is 84.5 cm³/mol. The van der Waals surface area contributed by atoms with Gasteiger partial charge in [0.2, 0.25) is 5.91 Å². The van der Waals surface area contributed by atoms with Crippen LogP contribution >= 0.6 is 0 Å². The van der Waals surface area contributed by atoms with E-state index in [1.807, 2.05) is 11.0 Å². The molecule has 0 aromatic heterocycles. The summed E-state index contributed by atoms with van der Waals surface area (Å²) in [6.07, 6.45) is 2.51. The Morgan fingerprint density at radius 1 is 1.27 bits per heavy atom. The smallest absolute Gasteiger partial charge is 0.407 e. The van der Waals surface area contributed by atoms with E-state index >= 15 is 0 Å². The molecule has 1 heterocycles. The molecule has 120 valence electrons. The SMILES string of the molecule is COC(=O)N[C@H](C)C(=O)N1CCC(Cc2ccccc2)CC1. The van der Waals surface area contributed by atoms with Gasteiger partial charge in [-0.25, -0.2) is 4.79 Å². The second-order valence-corrected chi connectivity index (χ2v) is 5.82. The first-order valence-electron chi connectivity index (χ1n) is 7.77. The molecule has 0 radical (unpaired) electrons. The molecule has 1 saturated heterocycles. The quantitative estimate of drug-likeness (QED) is 0.928. The van der Waals surface area contributed by atoms with E-state index in [9.17, 15) is 9.59 Å². The minimum Gasteiger partial charge on any atom is -0.453 e. The van der Waals surface area contributed by atoms with Gasteiger partial charge in [-0.15, -0.1) is 0 Å². The molecular weight excluding hydrogens is 280 g/mol. The molecule has 1 aromatic carbocycles. The number of nitrogens with zero attached hydrogens (tertiary/aromatic N) is 1. The third-order valence-electron chi connectivity index (χ3n) is 4.18. The van der Waals surface area contributed by atoms with E-state index in [1.54, 1.807) is 6.92 Å². The summed E-state index contributed by atoms with van der Waals surface area (Å²) >= 11 is 0. The van der Waals surface area contributed by atoms with Crippen LogP contribution in [0.15, 0.2) is 30.3 Å². The predicted octanol–water partition coefficient (Wildman–Crippen LogP) is 2.21. The fourth-order valence-electron chi connectivity index (χ4n) is 2.88. The molecule has 0 unspecified atom stereocenters. The maximum Gasteiger partial charge on any atom is 0.407 e. The molecule has 1 N–H and O–H groups in total. The highest BCUT2D eigenvalue weighted by Crippen LogP contribution is 2.22. The lowest BCUT2D eigenvalue weighted by atomic mass is 9.90. The molecule has 0 spiro atoms. The molecule has 5 heteroatoms. The zero-order chi connectivity index (χ0) is 15.9. The van der Waals surface area contributed by atoms with Crippen LogP contribution in [-0.2, 0) is 16.0 Å². The highest BCUT2D eigenvalue weighted by molar-refractivity contribution is 5.85. The van der Waals surface area contributed by atoms with Crippen molar-refractivity contribution in [2.75, 3.05) is 20.2 Å². The Morgan fingerprint density at radius 3 is 2.50 bits per heavy atom. The van der Waals surface area contributed by atoms with Crippen molar-refractivity contribution in [1.82, 2.24) is 10.2 Å². The first kappa shape index (κ1) is 16.3. The summed E-state index contributed by atoms with van der Waals surface area (Å²) in [5, 5.41) is 2.53. The second kappa shape index (κ2) is 7.82. The Morgan fingerprint density at radius 2 is 1.91 bits per heavy atom. The first-order chi connectivity index (χ1) is 10.6. The van der Waals surface area contributed by atoms with Gasteiger partial charge in [-0.3, -0.25) is 4.79 Å². The maximum absolute atomic E-state index is 12.3. The van der Waals surface area contributed by atoms with Gasteiger partial charge in [-0.2, -0.15) is 0 Å². The number of rotatable bonds is 4. The number of piperidine rings is 1. The second-order valence-electron chi connectivity index (χ2n) is 5.82. The van der Waals surface area contributed by atoms with Crippen LogP contribution in [0.3, 0.4) is 0 Å². The number of nitrogens with one attached hydrogen (secondary N) is 1. The van der Waals surface area contributed by atoms with E-state index in [0.717, 1.165) is 32.4 Å². The van der Waals surface area contributed by atoms with E-state index in [-0.39, 0.29) is 5.91 Å². The zero-order valence-electron chi connectivity index (χ0n) is 13.2. The van der Waals surface area contributed by atoms with E-state index in [0.29, 0.717) is 5.92 Å². The van der Waals surface area contributed by atoms with Gasteiger partial charge in [0, 0.05) is 13.1 Å². The average molecular weight is 304 g/mol. The lowest BCUT2D eigenvalue weighted by molar-refractivity contribution is -0.134. The van der Waals surface area contributed by atoms with Gasteiger partial charge < -0.3 is 15.0 Å². The number of amides is 2. The van der Waals surface area contributed by atoms with Crippen LogP contribution in [0.2, 0.25) is 0 Å². The van der Waals surface area contributed by atoms with Gasteiger partial charge in [-0.1, -0.05) is 30.3 Å². The van der Waals surface area contributed by atoms with Gasteiger partial charge in [0.1, 0.15) is 6.04 Å². The lowest BCUT2D eigenvalue weighted by Gasteiger charge is -2.33. The van der Waals surface area contributed by atoms with Gasteiger partial charge >= 0.3 is 6.09 Å². The van der Waals surface area contributed by atoms with Crippen LogP contribution in [-0.4, -0.2) is 43.1 Å². The summed E-state index contributed by atoms with van der Waals surface area (Å²) in [5.74, 6) is 0.582. The fourth-order valence-corrected chi connectivity index (χ4v) is 2.88. The number of hydrogen-bond acceptors (Lipinski definition) is 3. The fraction of sp³-hybridized carbons (Fsp3) is 0.529. The third kappa shape index (κ3) is 4.48. The molecule has 1 aromatic rings. The first-order valence-corrected chi connectivity index (χ1v) is 7.77. The zero-order valence-corrected chi connectivity index (χ0v) is 13.2. The number of ether oxygens (including phenoxy) is 1. The monoisotopic (exact) mass is 304 g/mol. The summed E-state index contributed by atoms with van der Waals surface area (Å²) in [5.41, 5.74) is 1.35. The summed E-state index contributed by atoms with van der Waals surface area (Å²) in [6.45, 7) is 3.20. The molecule has 5 nitrogen and oxygen atoms in total. The Hall–Kier alpha value is -2.04. The molecule has 22 heavy (non-hydrogen) atoms. The van der Waals surface area contributed by atoms with Crippen molar-refractivity contribution < 1.29 is 14.3 Å². The molecule has 0 bridgehead atoms. The molecule has 0 saturated carbocycles. The minimum atomic E-state index is -0.570. The average Bonchev–Trinajstić information content (AvgIpc) is 2.55. The molecular formula is C17H24N2O3. The normalized spacial score (nSPS) is 16.9. The van der Waals surface area contributed by atoms with E-state index in [1.165, 1.54) is 12.7 Å². The van der Waals surface area contributed by atoms with Gasteiger partial charge in [-0.05, 0) is 37.7 Å². The van der Waals surface area contributed by atoms with Crippen LogP contribution in [0, 0.1) is 5.92 Å². The van der Waals surface area contributed by atoms with Crippen LogP contribution in [0.25, 0.3) is 0 Å². The van der Waals surface area contributed by atoms with Gasteiger partial charge in [0.25, 0.3) is 0 Å². The molecule has 0 aliphatic carbocycles. The highest BCUT2D eigenvalue weighted by Gasteiger charge is 2.26. The van der Waals surface area contributed by atoms with E-state index in [4.69, 9.17) is 0 Å². The van der Waals surface area contributed by atoms with E-state index in [2.05, 4.69) is 34.3 Å². The number of alkyl carbamates (subject to hydrolysis) is 1. The van der Waals surface area contributed by atoms with Gasteiger partial charge in [0.15, 0.2) is 0 Å². The highest BCUT2D eigenvalue weighted by atomic mass is 16.5. The summed E-state index contributed by atoms with van der Waals surface area (Å²) in [6, 6.07) is 9.92. The Balaban J connectivity index is 1.79. The Kier molecular flexibility index (Phi) is 5.81. The summed E-state index contributed by atoms with van der Waals surface area (Å²) < 4.78 is 4.52. The molecule has 2 amide bonds. The number of hydrogen-bond donors (Lipinski definition) is 1.